The summed E-state index contributed by atoms with van der Waals surface area (Å²) in [7, 11) is 0. The average Bonchev–Trinajstić information content (AvgIpc) is 3.36. The minimum Gasteiger partial charge on any atom is -0.462 e. The van der Waals surface area contributed by atoms with Crippen LogP contribution in [0, 0.1) is 0 Å². The lowest BCUT2D eigenvalue weighted by Gasteiger charge is -2.18. The number of carbonyl (C=O) groups is 2. The Hall–Kier alpha value is -4.48. The quantitative estimate of drug-likeness (QED) is 0.0345. The van der Waals surface area contributed by atoms with Crippen molar-refractivity contribution >= 4 is 11.9 Å². The fraction of sp³-hybridized carbons (Fsp3) is 0.569. The van der Waals surface area contributed by atoms with Gasteiger partial charge in [0.15, 0.2) is 6.10 Å². The van der Waals surface area contributed by atoms with E-state index in [-0.39, 0.29) is 31.6 Å². The molecule has 0 rings (SSSR count). The number of carbonyl (C=O) groups excluding carboxylic acids is 2. The van der Waals surface area contributed by atoms with Crippen LogP contribution >= 0.6 is 0 Å². The van der Waals surface area contributed by atoms with Crippen molar-refractivity contribution in [2.45, 2.75) is 219 Å². The number of ether oxygens (including phenoxy) is 3. The van der Waals surface area contributed by atoms with Gasteiger partial charge in [-0.2, -0.15) is 0 Å². The molecule has 0 saturated carbocycles. The van der Waals surface area contributed by atoms with Gasteiger partial charge >= 0.3 is 11.9 Å². The van der Waals surface area contributed by atoms with Crippen LogP contribution in [-0.2, 0) is 23.8 Å². The van der Waals surface area contributed by atoms with E-state index in [2.05, 4.69) is 167 Å². The van der Waals surface area contributed by atoms with Gasteiger partial charge in [0.25, 0.3) is 0 Å². The smallest absolute Gasteiger partial charge is 0.310 e. The molecule has 0 aliphatic carbocycles. The molecular weight excluding hydrogens is 861 g/mol. The number of hydrogen-bond donors (Lipinski definition) is 0. The molecule has 0 aliphatic rings. The summed E-state index contributed by atoms with van der Waals surface area (Å²) in [6.07, 6.45) is 87.1. The largest absolute Gasteiger partial charge is 0.462 e. The van der Waals surface area contributed by atoms with Crippen molar-refractivity contribution in [3.8, 4) is 0 Å². The van der Waals surface area contributed by atoms with Crippen molar-refractivity contribution in [2.75, 3.05) is 19.8 Å². The van der Waals surface area contributed by atoms with Crippen molar-refractivity contribution in [2.24, 2.45) is 0 Å². The predicted molar refractivity (Wildman–Crippen MR) is 306 cm³/mol. The molecule has 0 N–H and O–H groups in total. The normalized spacial score (nSPS) is 13.5. The molecule has 0 heterocycles. The number of rotatable bonds is 49. The first-order chi connectivity index (χ1) is 34.6. The van der Waals surface area contributed by atoms with Gasteiger partial charge in [-0.3, -0.25) is 9.59 Å². The first kappa shape index (κ1) is 65.5. The monoisotopic (exact) mass is 963 g/mol. The maximum atomic E-state index is 12.8. The second kappa shape index (κ2) is 58.8. The van der Waals surface area contributed by atoms with Gasteiger partial charge in [0, 0.05) is 13.0 Å². The van der Waals surface area contributed by atoms with E-state index in [9.17, 15) is 9.59 Å². The molecular formula is C65H102O5. The number of allylic oxidation sites excluding steroid dienone is 25. The summed E-state index contributed by atoms with van der Waals surface area (Å²) in [5, 5.41) is 0. The zero-order valence-corrected chi connectivity index (χ0v) is 45.0. The first-order valence-corrected chi connectivity index (χ1v) is 28.0. The molecule has 0 aliphatic heterocycles. The molecule has 0 radical (unpaired) electrons. The van der Waals surface area contributed by atoms with Crippen LogP contribution in [0.15, 0.2) is 158 Å². The predicted octanol–water partition coefficient (Wildman–Crippen LogP) is 19.5. The topological polar surface area (TPSA) is 61.8 Å². The second-order valence-electron chi connectivity index (χ2n) is 17.7. The van der Waals surface area contributed by atoms with Gasteiger partial charge < -0.3 is 14.2 Å². The van der Waals surface area contributed by atoms with E-state index in [0.29, 0.717) is 13.0 Å². The molecule has 0 spiro atoms. The van der Waals surface area contributed by atoms with Crippen LogP contribution < -0.4 is 0 Å². The number of esters is 2. The minimum atomic E-state index is -0.623. The van der Waals surface area contributed by atoms with E-state index in [4.69, 9.17) is 14.2 Å². The summed E-state index contributed by atoms with van der Waals surface area (Å²) in [6.45, 7) is 7.39. The zero-order valence-electron chi connectivity index (χ0n) is 45.0. The maximum Gasteiger partial charge on any atom is 0.310 e. The second-order valence-corrected chi connectivity index (χ2v) is 17.7. The molecule has 1 atom stereocenters. The molecule has 5 nitrogen and oxygen atoms in total. The summed E-state index contributed by atoms with van der Waals surface area (Å²) in [4.78, 5) is 25.4. The lowest BCUT2D eigenvalue weighted by atomic mass is 10.1. The summed E-state index contributed by atoms with van der Waals surface area (Å²) in [6, 6.07) is 0. The lowest BCUT2D eigenvalue weighted by Crippen LogP contribution is -2.29. The van der Waals surface area contributed by atoms with Gasteiger partial charge in [0.2, 0.25) is 0 Å². The van der Waals surface area contributed by atoms with E-state index in [1.54, 1.807) is 0 Å². The maximum absolute atomic E-state index is 12.8. The Morgan fingerprint density at radius 1 is 0.343 bits per heavy atom. The molecule has 0 saturated heterocycles. The average molecular weight is 964 g/mol. The van der Waals surface area contributed by atoms with Crippen molar-refractivity contribution in [3.05, 3.63) is 158 Å². The van der Waals surface area contributed by atoms with E-state index in [1.807, 2.05) is 12.2 Å². The third-order valence-corrected chi connectivity index (χ3v) is 11.1. The zero-order chi connectivity index (χ0) is 50.6. The van der Waals surface area contributed by atoms with Crippen LogP contribution in [0.25, 0.3) is 0 Å². The van der Waals surface area contributed by atoms with Gasteiger partial charge in [-0.1, -0.05) is 230 Å². The minimum absolute atomic E-state index is 0.0129. The van der Waals surface area contributed by atoms with Gasteiger partial charge in [0.05, 0.1) is 13.0 Å². The van der Waals surface area contributed by atoms with Gasteiger partial charge in [-0.15, -0.1) is 0 Å². The van der Waals surface area contributed by atoms with Crippen molar-refractivity contribution in [3.63, 3.8) is 0 Å². The molecule has 0 aromatic rings. The van der Waals surface area contributed by atoms with Crippen molar-refractivity contribution in [1.82, 2.24) is 0 Å². The van der Waals surface area contributed by atoms with Crippen LogP contribution in [0.2, 0.25) is 0 Å². The standard InChI is InChI=1S/C65H102O5/c1-4-7-10-13-16-19-22-25-28-30-32-34-36-39-42-45-48-51-54-57-60-68-61-63(70-65(67)59-56-53-50-47-44-41-37-27-24-21-18-15-12-9-6-3)62-69-64(66)58-55-52-49-46-43-40-38-35-33-31-29-26-23-20-17-14-11-8-5-2/h8-9,11-12,16-21,25-29,32-35,37,40,43-44,47,53,56,63H,4-7,10,13-15,22-24,30-31,36,38-39,41-42,45-46,48-52,54-55,57-62H2,1-3H3/b11-8-,12-9-,19-16-,20-17-,21-18-,28-25-,29-26-,34-32-,35-33-,37-27-,43-40-,47-44-,56-53-. The van der Waals surface area contributed by atoms with Crippen molar-refractivity contribution in [1.29, 1.82) is 0 Å². The highest BCUT2D eigenvalue weighted by Gasteiger charge is 2.17. The Kier molecular flexibility index (Phi) is 55.1. The lowest BCUT2D eigenvalue weighted by molar-refractivity contribution is -0.162. The van der Waals surface area contributed by atoms with E-state index < -0.39 is 6.10 Å². The molecule has 0 aromatic carbocycles. The Morgan fingerprint density at radius 3 is 1.10 bits per heavy atom. The first-order valence-electron chi connectivity index (χ1n) is 28.0. The van der Waals surface area contributed by atoms with Crippen LogP contribution in [0.5, 0.6) is 0 Å². The van der Waals surface area contributed by atoms with Gasteiger partial charge in [-0.05, 0) is 128 Å². The fourth-order valence-electron chi connectivity index (χ4n) is 6.97. The van der Waals surface area contributed by atoms with E-state index in [0.717, 1.165) is 122 Å². The number of hydrogen-bond acceptors (Lipinski definition) is 5. The Balaban J connectivity index is 4.49. The highest BCUT2D eigenvalue weighted by atomic mass is 16.6. The highest BCUT2D eigenvalue weighted by Crippen LogP contribution is 2.11. The van der Waals surface area contributed by atoms with Gasteiger partial charge in [-0.25, -0.2) is 0 Å². The number of unbranched alkanes of at least 4 members (excludes halogenated alkanes) is 13. The highest BCUT2D eigenvalue weighted by molar-refractivity contribution is 5.71. The molecule has 70 heavy (non-hydrogen) atoms. The molecule has 0 bridgehead atoms. The molecule has 0 fully saturated rings. The van der Waals surface area contributed by atoms with Gasteiger partial charge in [0.1, 0.15) is 6.61 Å². The van der Waals surface area contributed by atoms with Crippen LogP contribution in [0.3, 0.4) is 0 Å². The third-order valence-electron chi connectivity index (χ3n) is 11.1. The summed E-state index contributed by atoms with van der Waals surface area (Å²) in [5.41, 5.74) is 0. The summed E-state index contributed by atoms with van der Waals surface area (Å²) < 4.78 is 17.3. The Morgan fingerprint density at radius 2 is 0.686 bits per heavy atom. The molecule has 0 amide bonds. The van der Waals surface area contributed by atoms with Crippen LogP contribution in [-0.4, -0.2) is 37.9 Å². The Bertz CT molecular complexity index is 1560. The molecule has 0 aromatic heterocycles. The molecule has 392 valence electrons. The fourth-order valence-corrected chi connectivity index (χ4v) is 6.97. The van der Waals surface area contributed by atoms with E-state index >= 15 is 0 Å². The van der Waals surface area contributed by atoms with Crippen LogP contribution in [0.1, 0.15) is 213 Å². The SMILES string of the molecule is CC/C=C\C/C=C\C/C=C\C/C=C\C/C=C\CCCCCC(=O)OCC(COCCCCCCCCC/C=C\C/C=C\C/C=C\CCCCC)OC(=O)C/C=C\C/C=C\C/C=C\C/C=C\C/C=C\CC. The molecule has 5 heteroatoms. The summed E-state index contributed by atoms with van der Waals surface area (Å²) in [5.74, 6) is -0.598. The Labute approximate surface area is 431 Å². The molecule has 1 unspecified atom stereocenters. The third kappa shape index (κ3) is 56.1. The van der Waals surface area contributed by atoms with Crippen molar-refractivity contribution < 1.29 is 23.8 Å². The summed E-state index contributed by atoms with van der Waals surface area (Å²) >= 11 is 0. The van der Waals surface area contributed by atoms with Crippen LogP contribution in [0.4, 0.5) is 0 Å². The van der Waals surface area contributed by atoms with E-state index in [1.165, 1.54) is 57.8 Å².